The molecule has 0 saturated carbocycles. The number of carbonyl (C=O) groups excluding carboxylic acids is 1. The second-order valence-electron chi connectivity index (χ2n) is 6.44. The van der Waals surface area contributed by atoms with Crippen molar-refractivity contribution in [3.63, 3.8) is 0 Å². The fourth-order valence-corrected chi connectivity index (χ4v) is 4.26. The van der Waals surface area contributed by atoms with Crippen molar-refractivity contribution in [2.45, 2.75) is 36.0 Å². The Morgan fingerprint density at radius 2 is 1.68 bits per heavy atom. The number of nitrogens with one attached hydrogen (secondary N) is 1. The fourth-order valence-electron chi connectivity index (χ4n) is 3.21. The highest BCUT2D eigenvalue weighted by atomic mass is 32.2. The van der Waals surface area contributed by atoms with Gasteiger partial charge in [0.2, 0.25) is 5.91 Å². The number of likely N-dealkylation sites (tertiary alicyclic amines) is 1. The lowest BCUT2D eigenvalue weighted by Crippen LogP contribution is -2.45. The quantitative estimate of drug-likeness (QED) is 0.792. The Kier molecular flexibility index (Phi) is 6.54. The number of hydrogen-bond acceptors (Lipinski definition) is 3. The molecule has 1 fully saturated rings. The van der Waals surface area contributed by atoms with Crippen molar-refractivity contribution >= 4 is 17.7 Å². The van der Waals surface area contributed by atoms with Crippen LogP contribution in [0.15, 0.2) is 65.6 Å². The molecule has 0 bridgehead atoms. The van der Waals surface area contributed by atoms with Crippen LogP contribution in [0.1, 0.15) is 30.6 Å². The smallest absolute Gasteiger partial charge is 0.238 e. The Hall–Kier alpha value is -1.78. The average Bonchev–Trinajstić information content (AvgIpc) is 2.68. The summed E-state index contributed by atoms with van der Waals surface area (Å²) in [5, 5.41) is 3.08. The number of amides is 1. The van der Waals surface area contributed by atoms with Gasteiger partial charge in [-0.25, -0.2) is 0 Å². The van der Waals surface area contributed by atoms with Gasteiger partial charge in [-0.3, -0.25) is 4.79 Å². The van der Waals surface area contributed by atoms with Gasteiger partial charge in [0.1, 0.15) is 5.25 Å². The summed E-state index contributed by atoms with van der Waals surface area (Å²) in [5.74, 6) is 0.120. The molecule has 0 radical (unpaired) electrons. The van der Waals surface area contributed by atoms with Crippen LogP contribution in [0.25, 0.3) is 0 Å². The van der Waals surface area contributed by atoms with Crippen molar-refractivity contribution in [1.82, 2.24) is 10.2 Å². The van der Waals surface area contributed by atoms with Crippen LogP contribution >= 0.6 is 11.8 Å². The topological polar surface area (TPSA) is 32.3 Å². The second kappa shape index (κ2) is 9.07. The molecule has 0 aliphatic carbocycles. The summed E-state index contributed by atoms with van der Waals surface area (Å²) in [5.41, 5.74) is 1.06. The molecule has 1 saturated heterocycles. The molecule has 25 heavy (non-hydrogen) atoms. The number of thioether (sulfide) groups is 1. The van der Waals surface area contributed by atoms with Crippen molar-refractivity contribution in [1.29, 1.82) is 0 Å². The van der Waals surface area contributed by atoms with E-state index in [1.54, 1.807) is 11.8 Å². The number of piperidine rings is 1. The van der Waals surface area contributed by atoms with Crippen LogP contribution in [0.3, 0.4) is 0 Å². The molecule has 3 rings (SSSR count). The third-order valence-electron chi connectivity index (χ3n) is 4.72. The zero-order chi connectivity index (χ0) is 17.5. The van der Waals surface area contributed by atoms with E-state index >= 15 is 0 Å². The fraction of sp³-hybridized carbons (Fsp3) is 0.381. The number of benzene rings is 2. The van der Waals surface area contributed by atoms with Gasteiger partial charge in [-0.2, -0.15) is 0 Å². The summed E-state index contributed by atoms with van der Waals surface area (Å²) >= 11 is 1.62. The molecule has 0 aromatic heterocycles. The molecule has 1 amide bonds. The minimum absolute atomic E-state index is 0.120. The Labute approximate surface area is 154 Å². The molecule has 1 aliphatic rings. The van der Waals surface area contributed by atoms with Crippen LogP contribution in [0.5, 0.6) is 0 Å². The maximum absolute atomic E-state index is 13.0. The van der Waals surface area contributed by atoms with Crippen LogP contribution in [0.4, 0.5) is 0 Å². The Balaban J connectivity index is 1.69. The van der Waals surface area contributed by atoms with Crippen molar-refractivity contribution in [2.24, 2.45) is 0 Å². The Morgan fingerprint density at radius 3 is 2.28 bits per heavy atom. The molecule has 0 unspecified atom stereocenters. The standard InChI is InChI=1S/C21H26N2OS/c1-2-23-15-13-18(14-16-23)22-21(24)20(17-9-5-3-6-10-17)25-19-11-7-4-8-12-19/h3-12,18,20H,2,13-16H2,1H3,(H,22,24)/t20-/m1/s1. The average molecular weight is 355 g/mol. The van der Waals surface area contributed by atoms with Crippen LogP contribution in [0.2, 0.25) is 0 Å². The highest BCUT2D eigenvalue weighted by Gasteiger charge is 2.26. The van der Waals surface area contributed by atoms with Gasteiger partial charge in [-0.1, -0.05) is 55.5 Å². The maximum atomic E-state index is 13.0. The van der Waals surface area contributed by atoms with E-state index in [0.29, 0.717) is 0 Å². The van der Waals surface area contributed by atoms with Crippen LogP contribution in [0, 0.1) is 0 Å². The van der Waals surface area contributed by atoms with E-state index in [2.05, 4.69) is 29.3 Å². The van der Waals surface area contributed by atoms with E-state index < -0.39 is 0 Å². The number of carbonyl (C=O) groups is 1. The van der Waals surface area contributed by atoms with Gasteiger partial charge in [0.05, 0.1) is 0 Å². The van der Waals surface area contributed by atoms with Gasteiger partial charge in [-0.05, 0) is 37.1 Å². The normalized spacial score (nSPS) is 17.2. The van der Waals surface area contributed by atoms with E-state index in [1.165, 1.54) is 0 Å². The predicted octanol–water partition coefficient (Wildman–Crippen LogP) is 4.12. The summed E-state index contributed by atoms with van der Waals surface area (Å²) in [4.78, 5) is 16.6. The molecule has 2 aromatic rings. The largest absolute Gasteiger partial charge is 0.352 e. The lowest BCUT2D eigenvalue weighted by Gasteiger charge is -2.32. The molecule has 4 heteroatoms. The van der Waals surface area contributed by atoms with Gasteiger partial charge in [-0.15, -0.1) is 11.8 Å². The van der Waals surface area contributed by atoms with Crippen molar-refractivity contribution in [3.05, 3.63) is 66.2 Å². The van der Waals surface area contributed by atoms with E-state index in [9.17, 15) is 4.79 Å². The first-order valence-electron chi connectivity index (χ1n) is 9.05. The third-order valence-corrected chi connectivity index (χ3v) is 5.99. The van der Waals surface area contributed by atoms with Crippen LogP contribution in [-0.2, 0) is 4.79 Å². The molecule has 1 heterocycles. The highest BCUT2D eigenvalue weighted by Crippen LogP contribution is 2.35. The first kappa shape index (κ1) is 18.0. The molecule has 1 atom stereocenters. The minimum Gasteiger partial charge on any atom is -0.352 e. The van der Waals surface area contributed by atoms with Gasteiger partial charge in [0.15, 0.2) is 0 Å². The lowest BCUT2D eigenvalue weighted by molar-refractivity contribution is -0.121. The summed E-state index contributed by atoms with van der Waals surface area (Å²) in [6.45, 7) is 5.44. The molecular formula is C21H26N2OS. The molecule has 2 aromatic carbocycles. The molecule has 3 nitrogen and oxygen atoms in total. The Morgan fingerprint density at radius 1 is 1.08 bits per heavy atom. The van der Waals surface area contributed by atoms with Crippen molar-refractivity contribution in [2.75, 3.05) is 19.6 Å². The number of rotatable bonds is 6. The van der Waals surface area contributed by atoms with Crippen molar-refractivity contribution in [3.8, 4) is 0 Å². The third kappa shape index (κ3) is 5.10. The van der Waals surface area contributed by atoms with E-state index in [1.807, 2.05) is 48.5 Å². The zero-order valence-electron chi connectivity index (χ0n) is 14.7. The van der Waals surface area contributed by atoms with E-state index in [4.69, 9.17) is 0 Å². The minimum atomic E-state index is -0.215. The predicted molar refractivity (Wildman–Crippen MR) is 105 cm³/mol. The SMILES string of the molecule is CCN1CCC(NC(=O)[C@H](Sc2ccccc2)c2ccccc2)CC1. The monoisotopic (exact) mass is 354 g/mol. The van der Waals surface area contributed by atoms with Crippen molar-refractivity contribution < 1.29 is 4.79 Å². The molecule has 0 spiro atoms. The van der Waals surface area contributed by atoms with Crippen LogP contribution < -0.4 is 5.32 Å². The Bertz CT molecular complexity index is 654. The van der Waals surface area contributed by atoms with Gasteiger partial charge in [0.25, 0.3) is 0 Å². The van der Waals surface area contributed by atoms with Gasteiger partial charge in [0, 0.05) is 24.0 Å². The maximum Gasteiger partial charge on any atom is 0.238 e. The van der Waals surface area contributed by atoms with Gasteiger partial charge >= 0.3 is 0 Å². The summed E-state index contributed by atoms with van der Waals surface area (Å²) < 4.78 is 0. The molecule has 132 valence electrons. The zero-order valence-corrected chi connectivity index (χ0v) is 15.5. The molecular weight excluding hydrogens is 328 g/mol. The van der Waals surface area contributed by atoms with E-state index in [0.717, 1.165) is 42.9 Å². The first-order valence-corrected chi connectivity index (χ1v) is 9.93. The number of nitrogens with zero attached hydrogens (tertiary/aromatic N) is 1. The molecule has 1 N–H and O–H groups in total. The lowest BCUT2D eigenvalue weighted by atomic mass is 10.0. The van der Waals surface area contributed by atoms with Crippen LogP contribution in [-0.4, -0.2) is 36.5 Å². The summed E-state index contributed by atoms with van der Waals surface area (Å²) in [6.07, 6.45) is 2.08. The summed E-state index contributed by atoms with van der Waals surface area (Å²) in [6, 6.07) is 20.5. The van der Waals surface area contributed by atoms with E-state index in [-0.39, 0.29) is 17.2 Å². The second-order valence-corrected chi connectivity index (χ2v) is 7.62. The number of hydrogen-bond donors (Lipinski definition) is 1. The highest BCUT2D eigenvalue weighted by molar-refractivity contribution is 8.00. The summed E-state index contributed by atoms with van der Waals surface area (Å²) in [7, 11) is 0. The van der Waals surface area contributed by atoms with Gasteiger partial charge < -0.3 is 10.2 Å². The molecule has 1 aliphatic heterocycles. The first-order chi connectivity index (χ1) is 12.3.